The fraction of sp³-hybridized carbons (Fsp3) is 0.600. The van der Waals surface area contributed by atoms with Gasteiger partial charge in [-0.3, -0.25) is 14.3 Å². The van der Waals surface area contributed by atoms with Gasteiger partial charge in [-0.1, -0.05) is 0 Å². The minimum Gasteiger partial charge on any atom is -0.396 e. The van der Waals surface area contributed by atoms with Crippen molar-refractivity contribution in [1.82, 2.24) is 9.55 Å². The Hall–Kier alpha value is -1.15. The molecule has 1 aliphatic rings. The molecule has 2 rings (SSSR count). The van der Waals surface area contributed by atoms with Gasteiger partial charge in [0.15, 0.2) is 0 Å². The molecule has 1 fully saturated rings. The second-order valence-electron chi connectivity index (χ2n) is 4.22. The van der Waals surface area contributed by atoms with E-state index >= 15 is 0 Å². The van der Waals surface area contributed by atoms with E-state index in [0.29, 0.717) is 0 Å². The molecule has 5 nitrogen and oxygen atoms in total. The summed E-state index contributed by atoms with van der Waals surface area (Å²) in [5, 5.41) is 7.50. The van der Waals surface area contributed by atoms with E-state index in [0.717, 1.165) is 22.5 Å². The van der Waals surface area contributed by atoms with E-state index in [-0.39, 0.29) is 11.3 Å². The SMILES string of the molecule is Cc1cn([C@H]2SC[C@H](CO)C2(F)F)c(=O)[nH]c1=O. The zero-order valence-corrected chi connectivity index (χ0v) is 10.3. The van der Waals surface area contributed by atoms with Crippen LogP contribution in [-0.2, 0) is 0 Å². The second-order valence-corrected chi connectivity index (χ2v) is 5.33. The van der Waals surface area contributed by atoms with Crippen molar-refractivity contribution in [3.05, 3.63) is 32.6 Å². The van der Waals surface area contributed by atoms with E-state index in [1.54, 1.807) is 0 Å². The molecular formula is C10H12F2N2O3S. The van der Waals surface area contributed by atoms with E-state index in [9.17, 15) is 18.4 Å². The number of aromatic nitrogens is 2. The number of hydrogen-bond donors (Lipinski definition) is 2. The number of hydrogen-bond acceptors (Lipinski definition) is 4. The first-order valence-corrected chi connectivity index (χ1v) is 6.35. The summed E-state index contributed by atoms with van der Waals surface area (Å²) in [6.45, 7) is 0.809. The van der Waals surface area contributed by atoms with Crippen molar-refractivity contribution in [2.75, 3.05) is 12.4 Å². The maximum atomic E-state index is 13.9. The molecule has 0 spiro atoms. The van der Waals surface area contributed by atoms with Crippen LogP contribution in [0.15, 0.2) is 15.8 Å². The number of alkyl halides is 2. The number of aliphatic hydroxyl groups excluding tert-OH is 1. The molecule has 2 heterocycles. The first-order chi connectivity index (χ1) is 8.37. The normalized spacial score (nSPS) is 26.4. The van der Waals surface area contributed by atoms with Gasteiger partial charge in [0, 0.05) is 17.5 Å². The number of nitrogens with zero attached hydrogens (tertiary/aromatic N) is 1. The van der Waals surface area contributed by atoms with Gasteiger partial charge in [-0.05, 0) is 6.92 Å². The minimum absolute atomic E-state index is 0.0682. The first-order valence-electron chi connectivity index (χ1n) is 5.30. The Morgan fingerprint density at radius 1 is 1.61 bits per heavy atom. The fourth-order valence-corrected chi connectivity index (χ4v) is 3.31. The van der Waals surface area contributed by atoms with Crippen molar-refractivity contribution in [3.8, 4) is 0 Å². The van der Waals surface area contributed by atoms with E-state index in [1.165, 1.54) is 6.92 Å². The van der Waals surface area contributed by atoms with Gasteiger partial charge in [-0.15, -0.1) is 11.8 Å². The molecule has 0 radical (unpaired) electrons. The quantitative estimate of drug-likeness (QED) is 0.817. The van der Waals surface area contributed by atoms with Gasteiger partial charge in [0.05, 0.1) is 12.5 Å². The van der Waals surface area contributed by atoms with E-state index < -0.39 is 35.1 Å². The fourth-order valence-electron chi connectivity index (χ4n) is 1.83. The molecule has 0 saturated carbocycles. The Balaban J connectivity index is 2.48. The summed E-state index contributed by atoms with van der Waals surface area (Å²) in [4.78, 5) is 24.7. The van der Waals surface area contributed by atoms with Crippen LogP contribution in [-0.4, -0.2) is 32.9 Å². The molecule has 1 saturated heterocycles. The molecule has 1 aromatic rings. The molecule has 1 aromatic heterocycles. The van der Waals surface area contributed by atoms with Crippen LogP contribution in [0.1, 0.15) is 10.9 Å². The van der Waals surface area contributed by atoms with Crippen LogP contribution in [0, 0.1) is 12.8 Å². The smallest absolute Gasteiger partial charge is 0.329 e. The maximum absolute atomic E-state index is 13.9. The third-order valence-corrected chi connectivity index (χ3v) is 4.40. The lowest BCUT2D eigenvalue weighted by molar-refractivity contribution is -0.0747. The summed E-state index contributed by atoms with van der Waals surface area (Å²) >= 11 is 0.895. The topological polar surface area (TPSA) is 75.1 Å². The van der Waals surface area contributed by atoms with Gasteiger partial charge < -0.3 is 5.11 Å². The minimum atomic E-state index is -3.19. The molecule has 18 heavy (non-hydrogen) atoms. The average molecular weight is 278 g/mol. The standard InChI is InChI=1S/C10H12F2N2O3S/c1-5-2-14(9(17)13-7(5)16)8-10(11,12)6(3-15)4-18-8/h2,6,8,15H,3-4H2,1H3,(H,13,16,17)/t6-,8-/m0/s1. The summed E-state index contributed by atoms with van der Waals surface area (Å²) in [6.07, 6.45) is 1.13. The Morgan fingerprint density at radius 3 is 2.83 bits per heavy atom. The Bertz CT molecular complexity index is 569. The Kier molecular flexibility index (Phi) is 3.33. The third kappa shape index (κ3) is 1.99. The van der Waals surface area contributed by atoms with Crippen molar-refractivity contribution < 1.29 is 13.9 Å². The van der Waals surface area contributed by atoms with Gasteiger partial charge in [0.25, 0.3) is 11.5 Å². The van der Waals surface area contributed by atoms with Gasteiger partial charge in [-0.25, -0.2) is 13.6 Å². The number of aliphatic hydroxyl groups is 1. The number of nitrogens with one attached hydrogen (secondary N) is 1. The summed E-state index contributed by atoms with van der Waals surface area (Å²) < 4.78 is 28.7. The van der Waals surface area contributed by atoms with Crippen molar-refractivity contribution in [1.29, 1.82) is 0 Å². The summed E-state index contributed by atoms with van der Waals surface area (Å²) in [6, 6.07) is 0. The van der Waals surface area contributed by atoms with Crippen LogP contribution in [0.5, 0.6) is 0 Å². The zero-order valence-electron chi connectivity index (χ0n) is 9.52. The van der Waals surface area contributed by atoms with Gasteiger partial charge in [0.2, 0.25) is 0 Å². The van der Waals surface area contributed by atoms with Gasteiger partial charge >= 0.3 is 5.69 Å². The molecule has 100 valence electrons. The molecule has 0 unspecified atom stereocenters. The number of halogens is 2. The predicted octanol–water partition coefficient (Wildman–Crippen LogP) is 0.334. The molecular weight excluding hydrogens is 266 g/mol. The molecule has 0 aromatic carbocycles. The second kappa shape index (κ2) is 4.51. The number of aromatic amines is 1. The van der Waals surface area contributed by atoms with Crippen molar-refractivity contribution in [2.24, 2.45) is 5.92 Å². The Morgan fingerprint density at radius 2 is 2.28 bits per heavy atom. The summed E-state index contributed by atoms with van der Waals surface area (Å²) in [5.74, 6) is -4.29. The van der Waals surface area contributed by atoms with E-state index in [1.807, 2.05) is 4.98 Å². The molecule has 0 aliphatic carbocycles. The molecule has 0 bridgehead atoms. The Labute approximate surface area is 105 Å². The number of thioether (sulfide) groups is 1. The highest BCUT2D eigenvalue weighted by Crippen LogP contribution is 2.50. The van der Waals surface area contributed by atoms with Crippen LogP contribution in [0.25, 0.3) is 0 Å². The molecule has 8 heteroatoms. The number of H-pyrrole nitrogens is 1. The highest BCUT2D eigenvalue weighted by atomic mass is 32.2. The highest BCUT2D eigenvalue weighted by molar-refractivity contribution is 7.99. The van der Waals surface area contributed by atoms with Crippen molar-refractivity contribution in [2.45, 2.75) is 18.2 Å². The van der Waals surface area contributed by atoms with Crippen molar-refractivity contribution in [3.63, 3.8) is 0 Å². The van der Waals surface area contributed by atoms with Crippen LogP contribution in [0.3, 0.4) is 0 Å². The van der Waals surface area contributed by atoms with Crippen molar-refractivity contribution >= 4 is 11.8 Å². The number of aryl methyl sites for hydroxylation is 1. The van der Waals surface area contributed by atoms with Crippen LogP contribution in [0.4, 0.5) is 8.78 Å². The molecule has 0 amide bonds. The summed E-state index contributed by atoms with van der Waals surface area (Å²) in [7, 11) is 0. The van der Waals surface area contributed by atoms with Gasteiger partial charge in [-0.2, -0.15) is 0 Å². The predicted molar refractivity (Wildman–Crippen MR) is 63.1 cm³/mol. The zero-order chi connectivity index (χ0) is 13.5. The first kappa shape index (κ1) is 13.3. The third-order valence-electron chi connectivity index (χ3n) is 2.95. The average Bonchev–Trinajstić information content (AvgIpc) is 2.58. The van der Waals surface area contributed by atoms with Crippen LogP contribution < -0.4 is 11.2 Å². The largest absolute Gasteiger partial charge is 0.396 e. The molecule has 2 atom stereocenters. The lowest BCUT2D eigenvalue weighted by atomic mass is 10.1. The molecule has 1 aliphatic heterocycles. The maximum Gasteiger partial charge on any atom is 0.329 e. The van der Waals surface area contributed by atoms with E-state index in [4.69, 9.17) is 5.11 Å². The van der Waals surface area contributed by atoms with Crippen LogP contribution >= 0.6 is 11.8 Å². The number of rotatable bonds is 2. The van der Waals surface area contributed by atoms with E-state index in [2.05, 4.69) is 0 Å². The highest BCUT2D eigenvalue weighted by Gasteiger charge is 2.53. The van der Waals surface area contributed by atoms with Crippen LogP contribution in [0.2, 0.25) is 0 Å². The lowest BCUT2D eigenvalue weighted by Crippen LogP contribution is -2.40. The monoisotopic (exact) mass is 278 g/mol. The summed E-state index contributed by atoms with van der Waals surface area (Å²) in [5.41, 5.74) is -1.25. The lowest BCUT2D eigenvalue weighted by Gasteiger charge is -2.23. The molecule has 2 N–H and O–H groups in total. The van der Waals surface area contributed by atoms with Gasteiger partial charge in [0.1, 0.15) is 5.37 Å².